The standard InChI is InChI=1S/C13H13N3O3/c14-13(16-17)10-5-15-11-4-2-1-3-9(11)12(10)19-8-6-18-7-8/h1-5,8,17H,6-7H2,(H2,14,16). The van der Waals surface area contributed by atoms with Crippen LogP contribution in [0.4, 0.5) is 0 Å². The summed E-state index contributed by atoms with van der Waals surface area (Å²) in [4.78, 5) is 4.28. The van der Waals surface area contributed by atoms with Crippen molar-refractivity contribution in [2.24, 2.45) is 10.9 Å². The minimum Gasteiger partial charge on any atom is -0.484 e. The Balaban J connectivity index is 2.15. The molecule has 19 heavy (non-hydrogen) atoms. The number of ether oxygens (including phenoxy) is 2. The summed E-state index contributed by atoms with van der Waals surface area (Å²) in [6.07, 6.45) is 1.54. The van der Waals surface area contributed by atoms with Crippen molar-refractivity contribution in [1.29, 1.82) is 0 Å². The molecule has 0 amide bonds. The van der Waals surface area contributed by atoms with Crippen LogP contribution in [0.2, 0.25) is 0 Å². The lowest BCUT2D eigenvalue weighted by molar-refractivity contribution is -0.0791. The highest BCUT2D eigenvalue weighted by Gasteiger charge is 2.23. The lowest BCUT2D eigenvalue weighted by Gasteiger charge is -2.28. The molecule has 0 aliphatic carbocycles. The van der Waals surface area contributed by atoms with Gasteiger partial charge in [-0.3, -0.25) is 4.98 Å². The molecule has 0 spiro atoms. The number of oxime groups is 1. The van der Waals surface area contributed by atoms with E-state index < -0.39 is 0 Å². The van der Waals surface area contributed by atoms with Gasteiger partial charge in [-0.15, -0.1) is 0 Å². The summed E-state index contributed by atoms with van der Waals surface area (Å²) in [5.74, 6) is 0.558. The Morgan fingerprint density at radius 2 is 2.21 bits per heavy atom. The van der Waals surface area contributed by atoms with Crippen LogP contribution < -0.4 is 10.5 Å². The predicted octanol–water partition coefficient (Wildman–Crippen LogP) is 1.11. The molecule has 1 aliphatic heterocycles. The number of hydrogen-bond acceptors (Lipinski definition) is 5. The first kappa shape index (κ1) is 11.7. The minimum absolute atomic E-state index is 0.00366. The summed E-state index contributed by atoms with van der Waals surface area (Å²) in [5.41, 5.74) is 6.95. The number of nitrogens with two attached hydrogens (primary N) is 1. The van der Waals surface area contributed by atoms with E-state index in [2.05, 4.69) is 10.1 Å². The second-order valence-electron chi connectivity index (χ2n) is 4.28. The van der Waals surface area contributed by atoms with Crippen LogP contribution in [0.1, 0.15) is 5.56 Å². The highest BCUT2D eigenvalue weighted by atomic mass is 16.6. The molecule has 1 aromatic heterocycles. The monoisotopic (exact) mass is 259 g/mol. The maximum Gasteiger partial charge on any atom is 0.175 e. The Morgan fingerprint density at radius 3 is 2.89 bits per heavy atom. The quantitative estimate of drug-likeness (QED) is 0.373. The highest BCUT2D eigenvalue weighted by molar-refractivity contribution is 6.04. The number of hydrogen-bond donors (Lipinski definition) is 2. The van der Waals surface area contributed by atoms with Gasteiger partial charge in [-0.05, 0) is 12.1 Å². The van der Waals surface area contributed by atoms with Crippen molar-refractivity contribution >= 4 is 16.7 Å². The van der Waals surface area contributed by atoms with Gasteiger partial charge in [-0.25, -0.2) is 0 Å². The zero-order valence-electron chi connectivity index (χ0n) is 10.1. The number of pyridine rings is 1. The van der Waals surface area contributed by atoms with Crippen molar-refractivity contribution in [2.75, 3.05) is 13.2 Å². The van der Waals surface area contributed by atoms with Crippen LogP contribution in [0.3, 0.4) is 0 Å². The van der Waals surface area contributed by atoms with Gasteiger partial charge in [0.15, 0.2) is 5.84 Å². The third-order valence-corrected chi connectivity index (χ3v) is 3.00. The normalized spacial score (nSPS) is 16.3. The molecule has 3 N–H and O–H groups in total. The summed E-state index contributed by atoms with van der Waals surface area (Å²) in [7, 11) is 0. The van der Waals surface area contributed by atoms with E-state index in [9.17, 15) is 0 Å². The van der Waals surface area contributed by atoms with E-state index in [0.29, 0.717) is 24.5 Å². The molecule has 1 aromatic carbocycles. The number of para-hydroxylation sites is 1. The number of fused-ring (bicyclic) bond motifs is 1. The molecule has 6 nitrogen and oxygen atoms in total. The van der Waals surface area contributed by atoms with Gasteiger partial charge in [0.25, 0.3) is 0 Å². The second-order valence-corrected chi connectivity index (χ2v) is 4.28. The van der Waals surface area contributed by atoms with E-state index >= 15 is 0 Å². The van der Waals surface area contributed by atoms with Crippen molar-refractivity contribution in [1.82, 2.24) is 4.98 Å². The van der Waals surface area contributed by atoms with E-state index in [1.807, 2.05) is 24.3 Å². The van der Waals surface area contributed by atoms with Crippen molar-refractivity contribution < 1.29 is 14.7 Å². The van der Waals surface area contributed by atoms with Crippen LogP contribution in [0.15, 0.2) is 35.6 Å². The summed E-state index contributed by atoms with van der Waals surface area (Å²) in [6.45, 7) is 1.10. The lowest BCUT2D eigenvalue weighted by Crippen LogP contribution is -2.39. The van der Waals surface area contributed by atoms with Gasteiger partial charge < -0.3 is 20.4 Å². The molecule has 1 aliphatic rings. The van der Waals surface area contributed by atoms with Crippen LogP contribution in [0.5, 0.6) is 5.75 Å². The number of amidine groups is 1. The van der Waals surface area contributed by atoms with Gasteiger partial charge >= 0.3 is 0 Å². The molecule has 0 saturated carbocycles. The third-order valence-electron chi connectivity index (χ3n) is 3.00. The van der Waals surface area contributed by atoms with Gasteiger partial charge in [0.05, 0.1) is 24.3 Å². The molecule has 0 atom stereocenters. The van der Waals surface area contributed by atoms with E-state index in [4.69, 9.17) is 20.4 Å². The Kier molecular flexibility index (Phi) is 2.92. The SMILES string of the molecule is N/C(=N/O)c1cnc2ccccc2c1OC1COC1. The first-order valence-corrected chi connectivity index (χ1v) is 5.89. The largest absolute Gasteiger partial charge is 0.484 e. The summed E-state index contributed by atoms with van der Waals surface area (Å²) >= 11 is 0. The van der Waals surface area contributed by atoms with Gasteiger partial charge in [0, 0.05) is 11.6 Å². The smallest absolute Gasteiger partial charge is 0.175 e. The maximum atomic E-state index is 8.84. The molecule has 6 heteroatoms. The molecule has 1 saturated heterocycles. The first-order valence-electron chi connectivity index (χ1n) is 5.89. The fraction of sp³-hybridized carbons (Fsp3) is 0.231. The van der Waals surface area contributed by atoms with Crippen LogP contribution in [-0.4, -0.2) is 35.3 Å². The zero-order chi connectivity index (χ0) is 13.2. The summed E-state index contributed by atoms with van der Waals surface area (Å²) in [6, 6.07) is 7.57. The van der Waals surface area contributed by atoms with Gasteiger partial charge in [-0.1, -0.05) is 17.3 Å². The Hall–Kier alpha value is -2.34. The van der Waals surface area contributed by atoms with E-state index in [1.165, 1.54) is 0 Å². The molecule has 0 bridgehead atoms. The van der Waals surface area contributed by atoms with Gasteiger partial charge in [-0.2, -0.15) is 0 Å². The summed E-state index contributed by atoms with van der Waals surface area (Å²) in [5, 5.41) is 12.7. The van der Waals surface area contributed by atoms with Crippen LogP contribution in [0.25, 0.3) is 10.9 Å². The van der Waals surface area contributed by atoms with Gasteiger partial charge in [0.2, 0.25) is 0 Å². The number of benzene rings is 1. The van der Waals surface area contributed by atoms with Crippen molar-refractivity contribution in [3.05, 3.63) is 36.0 Å². The van der Waals surface area contributed by atoms with E-state index in [1.54, 1.807) is 6.20 Å². The molecule has 2 heterocycles. The first-order chi connectivity index (χ1) is 9.29. The number of aromatic nitrogens is 1. The van der Waals surface area contributed by atoms with E-state index in [0.717, 1.165) is 10.9 Å². The molecule has 0 unspecified atom stereocenters. The molecule has 98 valence electrons. The predicted molar refractivity (Wildman–Crippen MR) is 69.5 cm³/mol. The Labute approximate surface area is 109 Å². The molecule has 3 rings (SSSR count). The van der Waals surface area contributed by atoms with Crippen molar-refractivity contribution in [3.63, 3.8) is 0 Å². The van der Waals surface area contributed by atoms with Crippen molar-refractivity contribution in [3.8, 4) is 5.75 Å². The van der Waals surface area contributed by atoms with Crippen LogP contribution >= 0.6 is 0 Å². The summed E-state index contributed by atoms with van der Waals surface area (Å²) < 4.78 is 11.0. The lowest BCUT2D eigenvalue weighted by atomic mass is 10.1. The van der Waals surface area contributed by atoms with Gasteiger partial charge in [0.1, 0.15) is 11.9 Å². The Morgan fingerprint density at radius 1 is 1.42 bits per heavy atom. The average molecular weight is 259 g/mol. The molecular weight excluding hydrogens is 246 g/mol. The van der Waals surface area contributed by atoms with Crippen LogP contribution in [0, 0.1) is 0 Å². The topological polar surface area (TPSA) is 90.0 Å². The third kappa shape index (κ3) is 2.06. The number of nitrogens with zero attached hydrogens (tertiary/aromatic N) is 2. The fourth-order valence-corrected chi connectivity index (χ4v) is 1.93. The van der Waals surface area contributed by atoms with Crippen LogP contribution in [-0.2, 0) is 4.74 Å². The highest BCUT2D eigenvalue weighted by Crippen LogP contribution is 2.30. The Bertz CT molecular complexity index is 638. The zero-order valence-corrected chi connectivity index (χ0v) is 10.1. The molecule has 2 aromatic rings. The van der Waals surface area contributed by atoms with Crippen molar-refractivity contribution in [2.45, 2.75) is 6.10 Å². The second kappa shape index (κ2) is 4.74. The van der Waals surface area contributed by atoms with E-state index in [-0.39, 0.29) is 11.9 Å². The molecule has 1 fully saturated rings. The molecule has 0 radical (unpaired) electrons. The maximum absolute atomic E-state index is 8.84. The minimum atomic E-state index is -0.0199. The molecular formula is C13H13N3O3. The fourth-order valence-electron chi connectivity index (χ4n) is 1.93. The average Bonchev–Trinajstić information content (AvgIpc) is 2.41. The number of rotatable bonds is 3.